The highest BCUT2D eigenvalue weighted by molar-refractivity contribution is 6.31. The molecule has 2 aromatic rings. The third-order valence-corrected chi connectivity index (χ3v) is 5.97. The maximum Gasteiger partial charge on any atom is 0.227 e. The number of nitrogen functional groups attached to an aromatic ring is 1. The number of hydrogen-bond donors (Lipinski definition) is 1. The average Bonchev–Trinajstić information content (AvgIpc) is 2.94. The monoisotopic (exact) mass is 399 g/mol. The largest absolute Gasteiger partial charge is 0.368 e. The SMILES string of the molecule is Cc1cc(N2CCCCCC2c2cc(N3CCCC3=O)ccc2Cl)nc(N)n1. The Morgan fingerprint density at radius 1 is 1.11 bits per heavy atom. The van der Waals surface area contributed by atoms with E-state index in [1.54, 1.807) is 0 Å². The van der Waals surface area contributed by atoms with Crippen LogP contribution < -0.4 is 15.5 Å². The molecule has 0 bridgehead atoms. The standard InChI is InChI=1S/C21H26ClN5O/c1-14-12-19(25-21(23)24-14)27-10-4-2-3-6-18(27)16-13-15(8-9-17(16)22)26-11-5-7-20(26)28/h8-9,12-13,18H,2-7,10-11H2,1H3,(H2,23,24,25). The lowest BCUT2D eigenvalue weighted by Gasteiger charge is -2.33. The van der Waals surface area contributed by atoms with Crippen LogP contribution in [0.4, 0.5) is 17.5 Å². The Labute approximate surface area is 170 Å². The number of benzene rings is 1. The van der Waals surface area contributed by atoms with Crippen LogP contribution in [0.5, 0.6) is 0 Å². The summed E-state index contributed by atoms with van der Waals surface area (Å²) in [7, 11) is 0. The van der Waals surface area contributed by atoms with E-state index in [0.29, 0.717) is 12.4 Å². The van der Waals surface area contributed by atoms with Gasteiger partial charge in [-0.25, -0.2) is 4.98 Å². The Kier molecular flexibility index (Phi) is 5.40. The van der Waals surface area contributed by atoms with Gasteiger partial charge in [0.2, 0.25) is 11.9 Å². The van der Waals surface area contributed by atoms with Crippen LogP contribution in [-0.4, -0.2) is 29.0 Å². The number of rotatable bonds is 3. The number of amides is 1. The summed E-state index contributed by atoms with van der Waals surface area (Å²) in [5, 5.41) is 0.728. The van der Waals surface area contributed by atoms with Crippen molar-refractivity contribution in [2.45, 2.75) is 51.5 Å². The molecule has 0 saturated carbocycles. The fourth-order valence-corrected chi connectivity index (χ4v) is 4.55. The minimum atomic E-state index is 0.0985. The number of nitrogens with zero attached hydrogens (tertiary/aromatic N) is 4. The number of hydrogen-bond acceptors (Lipinski definition) is 5. The topological polar surface area (TPSA) is 75.3 Å². The van der Waals surface area contributed by atoms with Crippen molar-refractivity contribution in [3.8, 4) is 0 Å². The fraction of sp³-hybridized carbons (Fsp3) is 0.476. The molecule has 1 aromatic heterocycles. The van der Waals surface area contributed by atoms with Gasteiger partial charge in [-0.1, -0.05) is 24.4 Å². The van der Waals surface area contributed by atoms with Crippen molar-refractivity contribution in [1.29, 1.82) is 0 Å². The van der Waals surface area contributed by atoms with Gasteiger partial charge in [-0.15, -0.1) is 0 Å². The lowest BCUT2D eigenvalue weighted by molar-refractivity contribution is -0.117. The van der Waals surface area contributed by atoms with E-state index in [1.165, 1.54) is 6.42 Å². The van der Waals surface area contributed by atoms with Crippen LogP contribution in [0.15, 0.2) is 24.3 Å². The van der Waals surface area contributed by atoms with Crippen molar-refractivity contribution < 1.29 is 4.79 Å². The molecule has 0 spiro atoms. The molecule has 2 saturated heterocycles. The van der Waals surface area contributed by atoms with E-state index in [-0.39, 0.29) is 11.9 Å². The zero-order valence-electron chi connectivity index (χ0n) is 16.2. The summed E-state index contributed by atoms with van der Waals surface area (Å²) < 4.78 is 0. The summed E-state index contributed by atoms with van der Waals surface area (Å²) in [6.07, 6.45) is 5.92. The van der Waals surface area contributed by atoms with E-state index in [9.17, 15) is 4.79 Å². The summed E-state index contributed by atoms with van der Waals surface area (Å²) in [5.41, 5.74) is 8.76. The maximum atomic E-state index is 12.2. The molecule has 7 heteroatoms. The minimum absolute atomic E-state index is 0.0985. The first-order chi connectivity index (χ1) is 13.5. The van der Waals surface area contributed by atoms with Crippen molar-refractivity contribution in [2.24, 2.45) is 0 Å². The predicted molar refractivity (Wildman–Crippen MR) is 113 cm³/mol. The molecule has 1 amide bonds. The van der Waals surface area contributed by atoms with Crippen LogP contribution in [0.25, 0.3) is 0 Å². The number of aryl methyl sites for hydroxylation is 1. The molecule has 6 nitrogen and oxygen atoms in total. The van der Waals surface area contributed by atoms with Crippen molar-refractivity contribution in [2.75, 3.05) is 28.6 Å². The van der Waals surface area contributed by atoms with Gasteiger partial charge in [-0.2, -0.15) is 4.98 Å². The molecule has 28 heavy (non-hydrogen) atoms. The summed E-state index contributed by atoms with van der Waals surface area (Å²) in [4.78, 5) is 25.1. The van der Waals surface area contributed by atoms with Gasteiger partial charge in [-0.3, -0.25) is 4.79 Å². The molecule has 1 unspecified atom stereocenters. The second-order valence-electron chi connectivity index (χ2n) is 7.64. The molecule has 0 radical (unpaired) electrons. The Bertz CT molecular complexity index is 867. The molecule has 2 N–H and O–H groups in total. The molecule has 1 aromatic carbocycles. The van der Waals surface area contributed by atoms with E-state index in [4.69, 9.17) is 17.3 Å². The Morgan fingerprint density at radius 3 is 2.71 bits per heavy atom. The van der Waals surface area contributed by atoms with Gasteiger partial charge in [-0.05, 0) is 49.9 Å². The number of anilines is 3. The molecule has 2 aliphatic rings. The molecule has 2 aliphatic heterocycles. The number of carbonyl (C=O) groups is 1. The van der Waals surface area contributed by atoms with E-state index < -0.39 is 0 Å². The van der Waals surface area contributed by atoms with Gasteiger partial charge in [0.05, 0.1) is 6.04 Å². The van der Waals surface area contributed by atoms with Gasteiger partial charge in [0, 0.05) is 42.0 Å². The van der Waals surface area contributed by atoms with E-state index in [0.717, 1.165) is 66.6 Å². The molecular formula is C21H26ClN5O. The Balaban J connectivity index is 1.74. The van der Waals surface area contributed by atoms with Crippen LogP contribution in [-0.2, 0) is 4.79 Å². The Hall–Kier alpha value is -2.34. The molecular weight excluding hydrogens is 374 g/mol. The van der Waals surface area contributed by atoms with E-state index in [2.05, 4.69) is 20.9 Å². The molecule has 4 rings (SSSR count). The average molecular weight is 400 g/mol. The second-order valence-corrected chi connectivity index (χ2v) is 8.05. The van der Waals surface area contributed by atoms with Gasteiger partial charge < -0.3 is 15.5 Å². The number of nitrogens with two attached hydrogens (primary N) is 1. The van der Waals surface area contributed by atoms with Crippen molar-refractivity contribution in [1.82, 2.24) is 9.97 Å². The number of carbonyl (C=O) groups excluding carboxylic acids is 1. The van der Waals surface area contributed by atoms with Gasteiger partial charge in [0.25, 0.3) is 0 Å². The first kappa shape index (κ1) is 19.0. The van der Waals surface area contributed by atoms with E-state index >= 15 is 0 Å². The number of aromatic nitrogens is 2. The molecule has 2 fully saturated rings. The molecule has 3 heterocycles. The molecule has 148 valence electrons. The van der Waals surface area contributed by atoms with Crippen LogP contribution in [0.2, 0.25) is 5.02 Å². The second kappa shape index (κ2) is 7.95. The molecule has 1 atom stereocenters. The molecule has 0 aliphatic carbocycles. The van der Waals surface area contributed by atoms with Crippen LogP contribution >= 0.6 is 11.6 Å². The van der Waals surface area contributed by atoms with Crippen LogP contribution in [0, 0.1) is 6.92 Å². The third kappa shape index (κ3) is 3.78. The highest BCUT2D eigenvalue weighted by Crippen LogP contribution is 2.39. The highest BCUT2D eigenvalue weighted by Gasteiger charge is 2.28. The third-order valence-electron chi connectivity index (χ3n) is 5.63. The van der Waals surface area contributed by atoms with E-state index in [1.807, 2.05) is 30.0 Å². The quantitative estimate of drug-likeness (QED) is 0.834. The minimum Gasteiger partial charge on any atom is -0.368 e. The van der Waals surface area contributed by atoms with Crippen molar-refractivity contribution in [3.63, 3.8) is 0 Å². The lowest BCUT2D eigenvalue weighted by atomic mass is 9.99. The smallest absolute Gasteiger partial charge is 0.227 e. The zero-order valence-corrected chi connectivity index (χ0v) is 17.0. The summed E-state index contributed by atoms with van der Waals surface area (Å²) >= 11 is 6.65. The summed E-state index contributed by atoms with van der Waals surface area (Å²) in [6.45, 7) is 3.60. The maximum absolute atomic E-state index is 12.2. The summed E-state index contributed by atoms with van der Waals surface area (Å²) in [6, 6.07) is 8.03. The first-order valence-corrected chi connectivity index (χ1v) is 10.4. The fourth-order valence-electron chi connectivity index (χ4n) is 4.30. The predicted octanol–water partition coefficient (Wildman–Crippen LogP) is 4.27. The van der Waals surface area contributed by atoms with Crippen molar-refractivity contribution in [3.05, 3.63) is 40.5 Å². The van der Waals surface area contributed by atoms with Crippen LogP contribution in [0.1, 0.15) is 55.8 Å². The van der Waals surface area contributed by atoms with Gasteiger partial charge in [0.15, 0.2) is 0 Å². The van der Waals surface area contributed by atoms with Crippen molar-refractivity contribution >= 4 is 35.0 Å². The Morgan fingerprint density at radius 2 is 1.96 bits per heavy atom. The zero-order chi connectivity index (χ0) is 19.7. The van der Waals surface area contributed by atoms with Gasteiger partial charge >= 0.3 is 0 Å². The first-order valence-electron chi connectivity index (χ1n) is 10.0. The summed E-state index contributed by atoms with van der Waals surface area (Å²) in [5.74, 6) is 1.32. The normalized spacial score (nSPS) is 20.5. The number of halogens is 1. The highest BCUT2D eigenvalue weighted by atomic mass is 35.5. The lowest BCUT2D eigenvalue weighted by Crippen LogP contribution is -2.30. The van der Waals surface area contributed by atoms with Crippen LogP contribution in [0.3, 0.4) is 0 Å². The van der Waals surface area contributed by atoms with Gasteiger partial charge in [0.1, 0.15) is 5.82 Å².